The molecular weight excluding hydrogens is 354 g/mol. The van der Waals surface area contributed by atoms with Crippen molar-refractivity contribution in [1.29, 1.82) is 0 Å². The van der Waals surface area contributed by atoms with Crippen molar-refractivity contribution in [2.24, 2.45) is 0 Å². The van der Waals surface area contributed by atoms with E-state index in [2.05, 4.69) is 0 Å². The van der Waals surface area contributed by atoms with Gasteiger partial charge in [-0.2, -0.15) is 0 Å². The van der Waals surface area contributed by atoms with E-state index in [1.165, 1.54) is 0 Å². The molecule has 2 aromatic rings. The SMILES string of the molecule is COc1ccc(C2(C(=O)N3CC(Oc4ccccc4)C3)CCCC2)cc1OC. The average Bonchev–Trinajstić information content (AvgIpc) is 3.21. The Morgan fingerprint density at radius 2 is 1.64 bits per heavy atom. The third kappa shape index (κ3) is 3.30. The van der Waals surface area contributed by atoms with Gasteiger partial charge in [0.25, 0.3) is 0 Å². The standard InChI is InChI=1S/C23H27NO4/c1-26-20-11-10-17(14-21(20)27-2)23(12-6-7-13-23)22(25)24-15-19(16-24)28-18-8-4-3-5-9-18/h3-5,8-11,14,19H,6-7,12-13,15-16H2,1-2H3. The lowest BCUT2D eigenvalue weighted by atomic mass is 9.76. The predicted molar refractivity (Wildman–Crippen MR) is 107 cm³/mol. The average molecular weight is 381 g/mol. The molecule has 1 amide bonds. The van der Waals surface area contributed by atoms with Crippen LogP contribution in [0, 0.1) is 0 Å². The molecule has 148 valence electrons. The minimum Gasteiger partial charge on any atom is -0.493 e. The second kappa shape index (κ2) is 7.74. The van der Waals surface area contributed by atoms with Gasteiger partial charge in [-0.1, -0.05) is 37.1 Å². The summed E-state index contributed by atoms with van der Waals surface area (Å²) >= 11 is 0. The van der Waals surface area contributed by atoms with Crippen LogP contribution in [0.1, 0.15) is 31.2 Å². The van der Waals surface area contributed by atoms with Crippen LogP contribution in [0.2, 0.25) is 0 Å². The van der Waals surface area contributed by atoms with Crippen molar-refractivity contribution in [3.8, 4) is 17.2 Å². The fourth-order valence-corrected chi connectivity index (χ4v) is 4.41. The van der Waals surface area contributed by atoms with Crippen molar-refractivity contribution in [3.05, 3.63) is 54.1 Å². The van der Waals surface area contributed by atoms with E-state index in [9.17, 15) is 4.79 Å². The number of methoxy groups -OCH3 is 2. The normalized spacial score (nSPS) is 18.4. The molecule has 0 radical (unpaired) electrons. The van der Waals surface area contributed by atoms with Crippen LogP contribution >= 0.6 is 0 Å². The molecule has 2 aliphatic rings. The van der Waals surface area contributed by atoms with Gasteiger partial charge in [-0.15, -0.1) is 0 Å². The zero-order chi connectivity index (χ0) is 19.6. The maximum absolute atomic E-state index is 13.5. The Morgan fingerprint density at radius 3 is 2.29 bits per heavy atom. The van der Waals surface area contributed by atoms with Gasteiger partial charge in [-0.25, -0.2) is 0 Å². The Labute approximate surface area is 166 Å². The van der Waals surface area contributed by atoms with E-state index in [-0.39, 0.29) is 12.0 Å². The number of hydrogen-bond acceptors (Lipinski definition) is 4. The van der Waals surface area contributed by atoms with E-state index >= 15 is 0 Å². The van der Waals surface area contributed by atoms with Crippen LogP contribution in [0.15, 0.2) is 48.5 Å². The van der Waals surface area contributed by atoms with Crippen molar-refractivity contribution < 1.29 is 19.0 Å². The van der Waals surface area contributed by atoms with Crippen molar-refractivity contribution in [2.75, 3.05) is 27.3 Å². The maximum atomic E-state index is 13.5. The fraction of sp³-hybridized carbons (Fsp3) is 0.435. The van der Waals surface area contributed by atoms with E-state index < -0.39 is 5.41 Å². The van der Waals surface area contributed by atoms with E-state index in [0.29, 0.717) is 24.6 Å². The molecule has 1 aliphatic carbocycles. The molecule has 1 aliphatic heterocycles. The Balaban J connectivity index is 1.50. The molecule has 0 N–H and O–H groups in total. The molecule has 1 saturated carbocycles. The van der Waals surface area contributed by atoms with E-state index in [4.69, 9.17) is 14.2 Å². The van der Waals surface area contributed by atoms with Crippen LogP contribution in [0.3, 0.4) is 0 Å². The summed E-state index contributed by atoms with van der Waals surface area (Å²) in [6.45, 7) is 1.28. The van der Waals surface area contributed by atoms with Crippen LogP contribution in [0.5, 0.6) is 17.2 Å². The number of likely N-dealkylation sites (tertiary alicyclic amines) is 1. The molecule has 5 nitrogen and oxygen atoms in total. The smallest absolute Gasteiger partial charge is 0.233 e. The first kappa shape index (κ1) is 18.7. The van der Waals surface area contributed by atoms with Crippen LogP contribution < -0.4 is 14.2 Å². The molecule has 1 saturated heterocycles. The molecule has 2 aromatic carbocycles. The van der Waals surface area contributed by atoms with Gasteiger partial charge in [0.05, 0.1) is 32.7 Å². The summed E-state index contributed by atoms with van der Waals surface area (Å²) < 4.78 is 16.8. The monoisotopic (exact) mass is 381 g/mol. The van der Waals surface area contributed by atoms with Gasteiger partial charge in [0.1, 0.15) is 11.9 Å². The van der Waals surface area contributed by atoms with Crippen LogP contribution in [0.4, 0.5) is 0 Å². The van der Waals surface area contributed by atoms with Gasteiger partial charge in [0.15, 0.2) is 11.5 Å². The summed E-state index contributed by atoms with van der Waals surface area (Å²) in [5.41, 5.74) is 0.567. The summed E-state index contributed by atoms with van der Waals surface area (Å²) in [6, 6.07) is 15.7. The van der Waals surface area contributed by atoms with E-state index in [1.807, 2.05) is 53.4 Å². The van der Waals surface area contributed by atoms with Crippen molar-refractivity contribution >= 4 is 5.91 Å². The summed E-state index contributed by atoms with van der Waals surface area (Å²) in [5.74, 6) is 2.43. The van der Waals surface area contributed by atoms with Crippen molar-refractivity contribution in [1.82, 2.24) is 4.90 Å². The zero-order valence-corrected chi connectivity index (χ0v) is 16.5. The summed E-state index contributed by atoms with van der Waals surface area (Å²) in [5, 5.41) is 0. The molecule has 0 aromatic heterocycles. The largest absolute Gasteiger partial charge is 0.493 e. The Morgan fingerprint density at radius 1 is 0.964 bits per heavy atom. The van der Waals surface area contributed by atoms with Gasteiger partial charge < -0.3 is 19.1 Å². The van der Waals surface area contributed by atoms with E-state index in [1.54, 1.807) is 14.2 Å². The second-order valence-electron chi connectivity index (χ2n) is 7.62. The van der Waals surface area contributed by atoms with Crippen molar-refractivity contribution in [2.45, 2.75) is 37.2 Å². The third-order valence-corrected chi connectivity index (χ3v) is 5.98. The quantitative estimate of drug-likeness (QED) is 0.764. The molecule has 0 bridgehead atoms. The summed E-state index contributed by atoms with van der Waals surface area (Å²) in [6.07, 6.45) is 3.95. The van der Waals surface area contributed by atoms with Gasteiger partial charge >= 0.3 is 0 Å². The van der Waals surface area contributed by atoms with E-state index in [0.717, 1.165) is 37.0 Å². The Kier molecular flexibility index (Phi) is 5.16. The highest BCUT2D eigenvalue weighted by molar-refractivity contribution is 5.89. The number of amides is 1. The molecule has 4 rings (SSSR count). The maximum Gasteiger partial charge on any atom is 0.233 e. The summed E-state index contributed by atoms with van der Waals surface area (Å²) in [7, 11) is 3.26. The number of carbonyl (C=O) groups is 1. The number of nitrogens with zero attached hydrogens (tertiary/aromatic N) is 1. The molecular formula is C23H27NO4. The highest BCUT2D eigenvalue weighted by Crippen LogP contribution is 2.45. The number of carbonyl (C=O) groups excluding carboxylic acids is 1. The zero-order valence-electron chi connectivity index (χ0n) is 16.5. The fourth-order valence-electron chi connectivity index (χ4n) is 4.41. The number of ether oxygens (including phenoxy) is 3. The predicted octanol–water partition coefficient (Wildman–Crippen LogP) is 3.81. The minimum absolute atomic E-state index is 0.0650. The first-order valence-electron chi connectivity index (χ1n) is 9.90. The second-order valence-corrected chi connectivity index (χ2v) is 7.62. The number of rotatable bonds is 6. The molecule has 2 fully saturated rings. The molecule has 0 spiro atoms. The third-order valence-electron chi connectivity index (χ3n) is 5.98. The van der Waals surface area contributed by atoms with Gasteiger partial charge in [0.2, 0.25) is 5.91 Å². The lowest BCUT2D eigenvalue weighted by Gasteiger charge is -2.44. The lowest BCUT2D eigenvalue weighted by Crippen LogP contribution is -2.60. The molecule has 0 atom stereocenters. The molecule has 1 heterocycles. The number of hydrogen-bond donors (Lipinski definition) is 0. The lowest BCUT2D eigenvalue weighted by molar-refractivity contribution is -0.146. The first-order valence-corrected chi connectivity index (χ1v) is 9.90. The highest BCUT2D eigenvalue weighted by Gasteiger charge is 2.48. The molecule has 0 unspecified atom stereocenters. The first-order chi connectivity index (χ1) is 13.7. The molecule has 5 heteroatoms. The highest BCUT2D eigenvalue weighted by atomic mass is 16.5. The Bertz CT molecular complexity index is 824. The number of benzene rings is 2. The minimum atomic E-state index is -0.461. The topological polar surface area (TPSA) is 48.0 Å². The molecule has 28 heavy (non-hydrogen) atoms. The van der Waals surface area contributed by atoms with Crippen LogP contribution in [-0.2, 0) is 10.2 Å². The van der Waals surface area contributed by atoms with Crippen molar-refractivity contribution in [3.63, 3.8) is 0 Å². The van der Waals surface area contributed by atoms with Gasteiger partial charge in [-0.05, 0) is 42.7 Å². The van der Waals surface area contributed by atoms with Gasteiger partial charge in [0, 0.05) is 0 Å². The Hall–Kier alpha value is -2.69. The number of para-hydroxylation sites is 1. The van der Waals surface area contributed by atoms with Crippen LogP contribution in [0.25, 0.3) is 0 Å². The summed E-state index contributed by atoms with van der Waals surface area (Å²) in [4.78, 5) is 15.4. The van der Waals surface area contributed by atoms with Crippen LogP contribution in [-0.4, -0.2) is 44.2 Å². The van der Waals surface area contributed by atoms with Gasteiger partial charge in [-0.3, -0.25) is 4.79 Å².